The molecule has 4 unspecified atom stereocenters. The number of rotatable bonds is 5. The van der Waals surface area contributed by atoms with Crippen LogP contribution in [-0.4, -0.2) is 60.8 Å². The molecule has 0 bridgehead atoms. The summed E-state index contributed by atoms with van der Waals surface area (Å²) in [4.78, 5) is 30.1. The number of benzene rings is 1. The van der Waals surface area contributed by atoms with Crippen molar-refractivity contribution in [1.29, 1.82) is 0 Å². The maximum absolute atomic E-state index is 13.0. The smallest absolute Gasteiger partial charge is 0.324 e. The molecule has 2 aliphatic rings. The minimum atomic E-state index is -0.313. The lowest BCUT2D eigenvalue weighted by Crippen LogP contribution is -2.64. The summed E-state index contributed by atoms with van der Waals surface area (Å²) in [7, 11) is 3.27. The zero-order chi connectivity index (χ0) is 19.0. The van der Waals surface area contributed by atoms with E-state index in [0.717, 1.165) is 16.5 Å². The second kappa shape index (κ2) is 7.32. The molecule has 2 N–H and O–H groups in total. The second-order valence-corrected chi connectivity index (χ2v) is 7.28. The second-order valence-electron chi connectivity index (χ2n) is 7.28. The number of aromatic amines is 1. The highest BCUT2D eigenvalue weighted by Gasteiger charge is 2.47. The van der Waals surface area contributed by atoms with Crippen LogP contribution in [0, 0.1) is 5.92 Å². The van der Waals surface area contributed by atoms with E-state index in [9.17, 15) is 9.59 Å². The van der Waals surface area contributed by atoms with Crippen LogP contribution in [0.25, 0.3) is 10.9 Å². The molecule has 1 aromatic heterocycles. The van der Waals surface area contributed by atoms with Gasteiger partial charge in [-0.25, -0.2) is 4.79 Å². The molecule has 27 heavy (non-hydrogen) atoms. The van der Waals surface area contributed by atoms with Gasteiger partial charge in [-0.1, -0.05) is 18.2 Å². The van der Waals surface area contributed by atoms with Crippen molar-refractivity contribution in [3.05, 3.63) is 36.0 Å². The lowest BCUT2D eigenvalue weighted by atomic mass is 9.79. The number of urea groups is 1. The first-order valence-electron chi connectivity index (χ1n) is 9.34. The summed E-state index contributed by atoms with van der Waals surface area (Å²) < 4.78 is 11.0. The fourth-order valence-corrected chi connectivity index (χ4v) is 4.38. The molecular weight excluding hydrogens is 346 g/mol. The fraction of sp³-hybridized carbons (Fsp3) is 0.500. The molecule has 4 atom stereocenters. The highest BCUT2D eigenvalue weighted by Crippen LogP contribution is 2.32. The van der Waals surface area contributed by atoms with Crippen molar-refractivity contribution in [1.82, 2.24) is 15.2 Å². The van der Waals surface area contributed by atoms with Crippen molar-refractivity contribution in [2.75, 3.05) is 20.8 Å². The van der Waals surface area contributed by atoms with Crippen LogP contribution in [0.3, 0.4) is 0 Å². The number of fused-ring (bicyclic) bond motifs is 2. The molecule has 1 aliphatic carbocycles. The molecule has 144 valence electrons. The molecule has 1 saturated heterocycles. The number of amides is 3. The topological polar surface area (TPSA) is 83.7 Å². The van der Waals surface area contributed by atoms with Crippen molar-refractivity contribution >= 4 is 22.8 Å². The predicted octanol–water partition coefficient (Wildman–Crippen LogP) is 2.07. The SMILES string of the molecule is COC1CC2NC(=O)N(CCc3c[nH]c4ccccc34)C(=O)C2CC1OC. The van der Waals surface area contributed by atoms with Gasteiger partial charge >= 0.3 is 6.03 Å². The van der Waals surface area contributed by atoms with Gasteiger partial charge in [0.05, 0.1) is 18.1 Å². The van der Waals surface area contributed by atoms with Crippen LogP contribution in [0.1, 0.15) is 18.4 Å². The van der Waals surface area contributed by atoms with Crippen LogP contribution in [-0.2, 0) is 20.7 Å². The van der Waals surface area contributed by atoms with Gasteiger partial charge in [0, 0.05) is 43.9 Å². The highest BCUT2D eigenvalue weighted by molar-refractivity contribution is 5.99. The number of methoxy groups -OCH3 is 2. The number of carbonyl (C=O) groups is 2. The zero-order valence-electron chi connectivity index (χ0n) is 15.6. The van der Waals surface area contributed by atoms with E-state index in [-0.39, 0.29) is 36.1 Å². The molecule has 0 radical (unpaired) electrons. The van der Waals surface area contributed by atoms with E-state index in [1.807, 2.05) is 30.5 Å². The van der Waals surface area contributed by atoms with Gasteiger partial charge in [0.15, 0.2) is 0 Å². The largest absolute Gasteiger partial charge is 0.379 e. The number of H-pyrrole nitrogens is 1. The van der Waals surface area contributed by atoms with Gasteiger partial charge in [0.2, 0.25) is 5.91 Å². The zero-order valence-corrected chi connectivity index (χ0v) is 15.6. The number of aromatic nitrogens is 1. The van der Waals surface area contributed by atoms with Crippen molar-refractivity contribution < 1.29 is 19.1 Å². The summed E-state index contributed by atoms with van der Waals surface area (Å²) in [5, 5.41) is 4.12. The molecule has 1 saturated carbocycles. The number of carbonyl (C=O) groups excluding carboxylic acids is 2. The summed E-state index contributed by atoms with van der Waals surface area (Å²) in [5.74, 6) is -0.373. The first-order valence-corrected chi connectivity index (χ1v) is 9.34. The van der Waals surface area contributed by atoms with Gasteiger partial charge in [-0.05, 0) is 30.9 Å². The third kappa shape index (κ3) is 3.21. The number of ether oxygens (including phenoxy) is 2. The average Bonchev–Trinajstić information content (AvgIpc) is 3.10. The molecular formula is C20H25N3O4. The monoisotopic (exact) mass is 371 g/mol. The van der Waals surface area contributed by atoms with Crippen LogP contribution in [0.2, 0.25) is 0 Å². The van der Waals surface area contributed by atoms with Gasteiger partial charge in [-0.2, -0.15) is 0 Å². The molecule has 3 amide bonds. The summed E-state index contributed by atoms with van der Waals surface area (Å²) in [6.45, 7) is 0.362. The number of hydrogen-bond acceptors (Lipinski definition) is 4. The van der Waals surface area contributed by atoms with Crippen molar-refractivity contribution in [3.63, 3.8) is 0 Å². The van der Waals surface area contributed by atoms with E-state index < -0.39 is 0 Å². The van der Waals surface area contributed by atoms with Crippen LogP contribution >= 0.6 is 0 Å². The van der Waals surface area contributed by atoms with Crippen LogP contribution < -0.4 is 5.32 Å². The quantitative estimate of drug-likeness (QED) is 0.843. The lowest BCUT2D eigenvalue weighted by Gasteiger charge is -2.44. The van der Waals surface area contributed by atoms with Gasteiger partial charge in [0.1, 0.15) is 0 Å². The molecule has 7 heteroatoms. The minimum Gasteiger partial charge on any atom is -0.379 e. The predicted molar refractivity (Wildman–Crippen MR) is 100 cm³/mol. The Bertz CT molecular complexity index is 849. The third-order valence-corrected chi connectivity index (χ3v) is 5.90. The van der Waals surface area contributed by atoms with Crippen molar-refractivity contribution in [3.8, 4) is 0 Å². The number of hydrogen-bond donors (Lipinski definition) is 2. The van der Waals surface area contributed by atoms with Crippen LogP contribution in [0.5, 0.6) is 0 Å². The average molecular weight is 371 g/mol. The first-order chi connectivity index (χ1) is 13.1. The van der Waals surface area contributed by atoms with Crippen LogP contribution in [0.15, 0.2) is 30.5 Å². The van der Waals surface area contributed by atoms with E-state index in [1.54, 1.807) is 14.2 Å². The van der Waals surface area contributed by atoms with Gasteiger partial charge in [-0.3, -0.25) is 9.69 Å². The van der Waals surface area contributed by atoms with E-state index in [2.05, 4.69) is 10.3 Å². The van der Waals surface area contributed by atoms with Gasteiger partial charge in [0.25, 0.3) is 0 Å². The van der Waals surface area contributed by atoms with Gasteiger partial charge in [-0.15, -0.1) is 0 Å². The van der Waals surface area contributed by atoms with E-state index in [4.69, 9.17) is 9.47 Å². The highest BCUT2D eigenvalue weighted by atomic mass is 16.5. The molecule has 1 aromatic carbocycles. The lowest BCUT2D eigenvalue weighted by molar-refractivity contribution is -0.144. The Morgan fingerprint density at radius 3 is 2.63 bits per heavy atom. The van der Waals surface area contributed by atoms with E-state index >= 15 is 0 Å². The Hall–Kier alpha value is -2.38. The molecule has 2 aromatic rings. The number of imide groups is 1. The normalized spacial score (nSPS) is 28.3. The summed E-state index contributed by atoms with van der Waals surface area (Å²) >= 11 is 0. The molecule has 1 aliphatic heterocycles. The summed E-state index contributed by atoms with van der Waals surface area (Å²) in [6, 6.07) is 7.53. The summed E-state index contributed by atoms with van der Waals surface area (Å²) in [6.07, 6.45) is 3.47. The molecule has 2 fully saturated rings. The first kappa shape index (κ1) is 18.0. The Labute approximate surface area is 158 Å². The Morgan fingerprint density at radius 2 is 1.85 bits per heavy atom. The van der Waals surface area contributed by atoms with Crippen molar-refractivity contribution in [2.24, 2.45) is 5.92 Å². The Morgan fingerprint density at radius 1 is 1.11 bits per heavy atom. The van der Waals surface area contributed by atoms with Crippen LogP contribution in [0.4, 0.5) is 4.79 Å². The third-order valence-electron chi connectivity index (χ3n) is 5.90. The minimum absolute atomic E-state index is 0.109. The number of nitrogens with zero attached hydrogens (tertiary/aromatic N) is 1. The molecule has 0 spiro atoms. The number of para-hydroxylation sites is 1. The number of nitrogens with one attached hydrogen (secondary N) is 2. The summed E-state index contributed by atoms with van der Waals surface area (Å²) in [5.41, 5.74) is 2.16. The van der Waals surface area contributed by atoms with E-state index in [0.29, 0.717) is 25.8 Å². The standard InChI is InChI=1S/C20H25N3O4/c1-26-17-9-14-16(10-18(17)27-2)22-20(25)23(19(14)24)8-7-12-11-21-15-6-4-3-5-13(12)15/h3-6,11,14,16-18,21H,7-10H2,1-2H3,(H,22,25). The van der Waals surface area contributed by atoms with Gasteiger partial charge < -0.3 is 19.8 Å². The van der Waals surface area contributed by atoms with Crippen molar-refractivity contribution in [2.45, 2.75) is 37.5 Å². The van der Waals surface area contributed by atoms with E-state index in [1.165, 1.54) is 4.90 Å². The Kier molecular flexibility index (Phi) is 4.88. The Balaban J connectivity index is 1.48. The maximum Gasteiger partial charge on any atom is 0.324 e. The fourth-order valence-electron chi connectivity index (χ4n) is 4.38. The molecule has 2 heterocycles. The molecule has 4 rings (SSSR count). The maximum atomic E-state index is 13.0. The molecule has 7 nitrogen and oxygen atoms in total.